The SMILES string of the molecule is CN(c1ccnc2cc(C3(O)CCN(C(=O)OC(C)(C)C)CC3)cnc12)c1nnc2ccc(-c3cc(F)cc(F)c3)nn12. The zero-order chi connectivity index (χ0) is 30.5. The summed E-state index contributed by atoms with van der Waals surface area (Å²) >= 11 is 0. The monoisotopic (exact) mass is 588 g/mol. The molecule has 1 fully saturated rings. The van der Waals surface area contributed by atoms with E-state index in [2.05, 4.69) is 25.3 Å². The normalized spacial score (nSPS) is 15.2. The van der Waals surface area contributed by atoms with Crippen molar-refractivity contribution in [2.24, 2.45) is 0 Å². The number of aliphatic hydroxyl groups is 1. The fourth-order valence-corrected chi connectivity index (χ4v) is 5.17. The Labute approximate surface area is 245 Å². The van der Waals surface area contributed by atoms with Crippen LogP contribution in [0.5, 0.6) is 0 Å². The number of fused-ring (bicyclic) bond motifs is 2. The van der Waals surface area contributed by atoms with Gasteiger partial charge in [-0.3, -0.25) is 9.97 Å². The van der Waals surface area contributed by atoms with Gasteiger partial charge >= 0.3 is 6.09 Å². The van der Waals surface area contributed by atoms with E-state index in [1.807, 2.05) is 20.8 Å². The minimum absolute atomic E-state index is 0.278. The van der Waals surface area contributed by atoms with Crippen molar-refractivity contribution in [2.45, 2.75) is 44.8 Å². The highest BCUT2D eigenvalue weighted by Gasteiger charge is 2.37. The molecule has 1 aromatic carbocycles. The molecule has 0 saturated carbocycles. The lowest BCUT2D eigenvalue weighted by Gasteiger charge is -2.38. The van der Waals surface area contributed by atoms with Gasteiger partial charge in [0.05, 0.1) is 22.5 Å². The van der Waals surface area contributed by atoms with E-state index in [4.69, 9.17) is 4.74 Å². The Kier molecular flexibility index (Phi) is 6.92. The van der Waals surface area contributed by atoms with Gasteiger partial charge in [-0.05, 0) is 70.0 Å². The van der Waals surface area contributed by atoms with Crippen molar-refractivity contribution >= 4 is 34.4 Å². The standard InChI is InChI=1S/C30H30F2N8O3/c1-29(2,3)43-28(41)39-11-8-30(42,9-12-39)19-15-23-26(34-17-19)24(7-10-33-23)38(4)27-36-35-25-6-5-22(37-40(25)27)18-13-20(31)16-21(32)14-18/h5-7,10,13-17,42H,8-9,11-12H2,1-4H3. The first-order chi connectivity index (χ1) is 20.4. The molecule has 0 bridgehead atoms. The third kappa shape index (κ3) is 5.55. The maximum Gasteiger partial charge on any atom is 0.410 e. The van der Waals surface area contributed by atoms with Gasteiger partial charge in [0.15, 0.2) is 5.65 Å². The van der Waals surface area contributed by atoms with Crippen molar-refractivity contribution in [1.82, 2.24) is 34.7 Å². The average Bonchev–Trinajstić information content (AvgIpc) is 3.38. The molecule has 0 aliphatic carbocycles. The fraction of sp³-hybridized carbons (Fsp3) is 0.333. The van der Waals surface area contributed by atoms with Crippen molar-refractivity contribution in [3.8, 4) is 11.3 Å². The number of hydrogen-bond acceptors (Lipinski definition) is 9. The summed E-state index contributed by atoms with van der Waals surface area (Å²) in [6.45, 7) is 6.14. The highest BCUT2D eigenvalue weighted by Crippen LogP contribution is 2.36. The van der Waals surface area contributed by atoms with Crippen molar-refractivity contribution in [1.29, 1.82) is 0 Å². The number of amides is 1. The number of piperidine rings is 1. The molecule has 1 amide bonds. The van der Waals surface area contributed by atoms with Crippen LogP contribution >= 0.6 is 0 Å². The lowest BCUT2D eigenvalue weighted by molar-refractivity contribution is -0.0357. The molecule has 5 heterocycles. The Morgan fingerprint density at radius 3 is 2.44 bits per heavy atom. The Morgan fingerprint density at radius 1 is 1.02 bits per heavy atom. The molecule has 4 aromatic heterocycles. The quantitative estimate of drug-likeness (QED) is 0.309. The number of hydrogen-bond donors (Lipinski definition) is 1. The Balaban J connectivity index is 1.28. The van der Waals surface area contributed by atoms with E-state index in [1.54, 1.807) is 53.5 Å². The van der Waals surface area contributed by atoms with E-state index >= 15 is 0 Å². The summed E-state index contributed by atoms with van der Waals surface area (Å²) in [6, 6.07) is 10.1. The summed E-state index contributed by atoms with van der Waals surface area (Å²) in [7, 11) is 1.77. The molecule has 1 N–H and O–H groups in total. The van der Waals surface area contributed by atoms with Crippen LogP contribution in [0.2, 0.25) is 0 Å². The van der Waals surface area contributed by atoms with Crippen LogP contribution in [0, 0.1) is 11.6 Å². The molecule has 1 aliphatic rings. The molecule has 1 aliphatic heterocycles. The number of halogens is 2. The number of anilines is 2. The first-order valence-electron chi connectivity index (χ1n) is 13.8. The predicted octanol–water partition coefficient (Wildman–Crippen LogP) is 5.00. The van der Waals surface area contributed by atoms with Gasteiger partial charge in [-0.15, -0.1) is 10.2 Å². The van der Waals surface area contributed by atoms with E-state index in [9.17, 15) is 18.7 Å². The van der Waals surface area contributed by atoms with Gasteiger partial charge in [-0.1, -0.05) is 0 Å². The number of carbonyl (C=O) groups is 1. The number of pyridine rings is 2. The molecular formula is C30H30F2N8O3. The number of likely N-dealkylation sites (tertiary alicyclic amines) is 1. The zero-order valence-electron chi connectivity index (χ0n) is 24.1. The molecule has 5 aromatic rings. The van der Waals surface area contributed by atoms with Crippen molar-refractivity contribution in [3.05, 3.63) is 72.1 Å². The first kappa shape index (κ1) is 28.3. The van der Waals surface area contributed by atoms with Crippen LogP contribution in [-0.2, 0) is 10.3 Å². The zero-order valence-corrected chi connectivity index (χ0v) is 24.1. The molecule has 0 radical (unpaired) electrons. The molecule has 0 unspecified atom stereocenters. The van der Waals surface area contributed by atoms with E-state index in [0.29, 0.717) is 65.5 Å². The van der Waals surface area contributed by atoms with Crippen LogP contribution < -0.4 is 4.90 Å². The molecule has 13 heteroatoms. The highest BCUT2D eigenvalue weighted by molar-refractivity contribution is 5.89. The summed E-state index contributed by atoms with van der Waals surface area (Å²) in [5, 5.41) is 24.5. The first-order valence-corrected chi connectivity index (χ1v) is 13.8. The Bertz CT molecular complexity index is 1830. The Morgan fingerprint density at radius 2 is 1.74 bits per heavy atom. The molecule has 1 saturated heterocycles. The third-order valence-electron chi connectivity index (χ3n) is 7.40. The third-order valence-corrected chi connectivity index (χ3v) is 7.40. The predicted molar refractivity (Wildman–Crippen MR) is 155 cm³/mol. The topological polar surface area (TPSA) is 122 Å². The molecule has 6 rings (SSSR count). The van der Waals surface area contributed by atoms with Crippen LogP contribution in [0.4, 0.5) is 25.2 Å². The largest absolute Gasteiger partial charge is 0.444 e. The van der Waals surface area contributed by atoms with Gasteiger partial charge in [0.25, 0.3) is 5.95 Å². The summed E-state index contributed by atoms with van der Waals surface area (Å²) in [6.07, 6.45) is 3.52. The van der Waals surface area contributed by atoms with Crippen LogP contribution in [0.3, 0.4) is 0 Å². The van der Waals surface area contributed by atoms with Gasteiger partial charge in [-0.2, -0.15) is 9.61 Å². The van der Waals surface area contributed by atoms with Crippen molar-refractivity contribution in [2.75, 3.05) is 25.0 Å². The second kappa shape index (κ2) is 10.5. The molecule has 43 heavy (non-hydrogen) atoms. The van der Waals surface area contributed by atoms with Crippen molar-refractivity contribution < 1.29 is 23.4 Å². The second-order valence-electron chi connectivity index (χ2n) is 11.6. The summed E-state index contributed by atoms with van der Waals surface area (Å²) in [5.41, 5.74) is 1.67. The molecule has 222 valence electrons. The van der Waals surface area contributed by atoms with Gasteiger partial charge in [0.2, 0.25) is 0 Å². The van der Waals surface area contributed by atoms with Crippen LogP contribution in [0.1, 0.15) is 39.2 Å². The second-order valence-corrected chi connectivity index (χ2v) is 11.6. The van der Waals surface area contributed by atoms with Gasteiger partial charge in [0, 0.05) is 49.7 Å². The maximum absolute atomic E-state index is 13.9. The molecule has 0 spiro atoms. The van der Waals surface area contributed by atoms with Gasteiger partial charge in [0.1, 0.15) is 22.8 Å². The molecule has 0 atom stereocenters. The number of aromatic nitrogens is 6. The smallest absolute Gasteiger partial charge is 0.410 e. The maximum atomic E-state index is 13.9. The van der Waals surface area contributed by atoms with Gasteiger partial charge < -0.3 is 19.6 Å². The molecule has 11 nitrogen and oxygen atoms in total. The average molecular weight is 589 g/mol. The van der Waals surface area contributed by atoms with E-state index in [-0.39, 0.29) is 5.56 Å². The van der Waals surface area contributed by atoms with Crippen LogP contribution in [0.25, 0.3) is 27.9 Å². The Hall–Kier alpha value is -4.78. The summed E-state index contributed by atoms with van der Waals surface area (Å²) < 4.78 is 34.7. The van der Waals surface area contributed by atoms with Crippen LogP contribution in [-0.4, -0.2) is 71.6 Å². The highest BCUT2D eigenvalue weighted by atomic mass is 19.1. The number of rotatable bonds is 4. The van der Waals surface area contributed by atoms with Gasteiger partial charge in [-0.25, -0.2) is 13.6 Å². The minimum atomic E-state index is -1.18. The fourth-order valence-electron chi connectivity index (χ4n) is 5.17. The summed E-state index contributed by atoms with van der Waals surface area (Å²) in [4.78, 5) is 25.0. The van der Waals surface area contributed by atoms with E-state index in [0.717, 1.165) is 6.07 Å². The van der Waals surface area contributed by atoms with E-state index in [1.165, 1.54) is 16.6 Å². The summed E-state index contributed by atoms with van der Waals surface area (Å²) in [5.74, 6) is -1.06. The number of benzene rings is 1. The minimum Gasteiger partial charge on any atom is -0.444 e. The number of nitrogens with zero attached hydrogens (tertiary/aromatic N) is 8. The lowest BCUT2D eigenvalue weighted by Crippen LogP contribution is -2.46. The van der Waals surface area contributed by atoms with Crippen LogP contribution in [0.15, 0.2) is 54.9 Å². The lowest BCUT2D eigenvalue weighted by atomic mass is 9.85. The van der Waals surface area contributed by atoms with Crippen molar-refractivity contribution in [3.63, 3.8) is 0 Å². The number of ether oxygens (including phenoxy) is 1. The molecular weight excluding hydrogens is 558 g/mol. The number of carbonyl (C=O) groups excluding carboxylic acids is 1. The van der Waals surface area contributed by atoms with E-state index < -0.39 is 28.9 Å².